The van der Waals surface area contributed by atoms with Crippen LogP contribution in [0.4, 0.5) is 0 Å². The van der Waals surface area contributed by atoms with Crippen molar-refractivity contribution in [1.29, 1.82) is 0 Å². The largest absolute Gasteiger partial charge is 0.479 e. The lowest BCUT2D eigenvalue weighted by atomic mass is 10.1. The molecule has 0 saturated carbocycles. The highest BCUT2D eigenvalue weighted by Gasteiger charge is 2.23. The third-order valence-corrected chi connectivity index (χ3v) is 2.09. The molecule has 0 rings (SSSR count). The summed E-state index contributed by atoms with van der Waals surface area (Å²) in [5, 5.41) is 35.0. The molecule has 0 aromatic heterocycles. The Morgan fingerprint density at radius 3 is 2.25 bits per heavy atom. The Balaban J connectivity index is 4.18. The van der Waals surface area contributed by atoms with E-state index < -0.39 is 40.7 Å². The number of aliphatic hydroxyl groups excluding tert-OH is 1. The Morgan fingerprint density at radius 1 is 1.20 bits per heavy atom. The number of carbonyl (C=O) groups excluding carboxylic acids is 1. The van der Waals surface area contributed by atoms with E-state index in [-0.39, 0.29) is 19.3 Å². The molecule has 0 fully saturated rings. The predicted octanol–water partition coefficient (Wildman–Crippen LogP) is -1.04. The first-order chi connectivity index (χ1) is 9.23. The molecular formula is C8H12N2O10. The quantitative estimate of drug-likeness (QED) is 0.271. The SMILES string of the molecule is O=C(O)C(O)C(=O)CCC[C@H](CO[N+](=O)[O-])O[N+](=O)[O-]. The number of rotatable bonds is 11. The van der Waals surface area contributed by atoms with Gasteiger partial charge in [0.25, 0.3) is 10.2 Å². The monoisotopic (exact) mass is 296 g/mol. The molecule has 0 spiro atoms. The smallest absolute Gasteiger partial charge is 0.340 e. The average Bonchev–Trinajstić information content (AvgIpc) is 2.33. The number of carboxylic acids is 1. The van der Waals surface area contributed by atoms with Gasteiger partial charge in [0.1, 0.15) is 12.7 Å². The molecule has 0 radical (unpaired) electrons. The number of nitrogens with zero attached hydrogens (tertiary/aromatic N) is 2. The van der Waals surface area contributed by atoms with E-state index in [4.69, 9.17) is 10.2 Å². The maximum atomic E-state index is 11.1. The van der Waals surface area contributed by atoms with Gasteiger partial charge < -0.3 is 19.9 Å². The van der Waals surface area contributed by atoms with Crippen LogP contribution in [0.2, 0.25) is 0 Å². The Bertz CT molecular complexity index is 383. The fourth-order valence-electron chi connectivity index (χ4n) is 1.21. The second-order valence-corrected chi connectivity index (χ2v) is 3.57. The number of carboxylic acid groups (broad SMARTS) is 1. The van der Waals surface area contributed by atoms with Crippen molar-refractivity contribution in [2.75, 3.05) is 6.61 Å². The molecule has 2 N–H and O–H groups in total. The van der Waals surface area contributed by atoms with E-state index in [0.29, 0.717) is 0 Å². The van der Waals surface area contributed by atoms with Gasteiger partial charge in [-0.05, 0) is 12.8 Å². The summed E-state index contributed by atoms with van der Waals surface area (Å²) in [7, 11) is 0. The molecule has 0 aromatic carbocycles. The van der Waals surface area contributed by atoms with Crippen LogP contribution < -0.4 is 0 Å². The Labute approximate surface area is 111 Å². The van der Waals surface area contributed by atoms with Gasteiger partial charge in [-0.3, -0.25) is 4.79 Å². The molecule has 0 aliphatic carbocycles. The molecule has 0 amide bonds. The lowest BCUT2D eigenvalue weighted by molar-refractivity contribution is -0.790. The zero-order chi connectivity index (χ0) is 15.7. The van der Waals surface area contributed by atoms with Crippen LogP contribution in [0.25, 0.3) is 0 Å². The summed E-state index contributed by atoms with van der Waals surface area (Å²) >= 11 is 0. The van der Waals surface area contributed by atoms with Crippen molar-refractivity contribution >= 4 is 11.8 Å². The predicted molar refractivity (Wildman–Crippen MR) is 57.3 cm³/mol. The van der Waals surface area contributed by atoms with E-state index in [0.717, 1.165) is 0 Å². The molecule has 0 aliphatic rings. The third-order valence-electron chi connectivity index (χ3n) is 2.09. The highest BCUT2D eigenvalue weighted by atomic mass is 17.0. The lowest BCUT2D eigenvalue weighted by Crippen LogP contribution is -2.30. The van der Waals surface area contributed by atoms with E-state index in [1.165, 1.54) is 0 Å². The van der Waals surface area contributed by atoms with Gasteiger partial charge in [0.15, 0.2) is 5.78 Å². The lowest BCUT2D eigenvalue weighted by Gasteiger charge is -2.13. The van der Waals surface area contributed by atoms with E-state index in [1.807, 2.05) is 0 Å². The molecule has 0 bridgehead atoms. The second kappa shape index (κ2) is 8.58. The maximum Gasteiger partial charge on any atom is 0.340 e. The first-order valence-electron chi connectivity index (χ1n) is 5.26. The van der Waals surface area contributed by atoms with Crippen LogP contribution in [0.5, 0.6) is 0 Å². The first kappa shape index (κ1) is 17.5. The van der Waals surface area contributed by atoms with Gasteiger partial charge in [-0.25, -0.2) is 4.79 Å². The molecular weight excluding hydrogens is 284 g/mol. The summed E-state index contributed by atoms with van der Waals surface area (Å²) in [6.07, 6.45) is -4.04. The summed E-state index contributed by atoms with van der Waals surface area (Å²) in [5.41, 5.74) is 0. The molecule has 0 saturated heterocycles. The van der Waals surface area contributed by atoms with Gasteiger partial charge in [-0.2, -0.15) is 0 Å². The molecule has 0 aliphatic heterocycles. The highest BCUT2D eigenvalue weighted by molar-refractivity contribution is 6.00. The third kappa shape index (κ3) is 7.75. The summed E-state index contributed by atoms with van der Waals surface area (Å²) in [6, 6.07) is 0. The minimum absolute atomic E-state index is 0.0667. The standard InChI is InChI=1S/C8H12N2O10/c11-6(7(12)8(13)14)3-1-2-5(20-10(17)18)4-19-9(15)16/h5,7,12H,1-4H2,(H,13,14)/t5-,7?/m1/s1. The van der Waals surface area contributed by atoms with Crippen LogP contribution in [-0.4, -0.2) is 51.0 Å². The summed E-state index contributed by atoms with van der Waals surface area (Å²) in [6.45, 7) is -0.705. The van der Waals surface area contributed by atoms with Crippen molar-refractivity contribution in [3.05, 3.63) is 20.2 Å². The molecule has 2 atom stereocenters. The van der Waals surface area contributed by atoms with Gasteiger partial charge in [-0.15, -0.1) is 20.2 Å². The van der Waals surface area contributed by atoms with Gasteiger partial charge in [0.05, 0.1) is 0 Å². The molecule has 0 heterocycles. The first-order valence-corrected chi connectivity index (χ1v) is 5.26. The second-order valence-electron chi connectivity index (χ2n) is 3.57. The Morgan fingerprint density at radius 2 is 1.80 bits per heavy atom. The molecule has 114 valence electrons. The van der Waals surface area contributed by atoms with Crippen molar-refractivity contribution in [1.82, 2.24) is 0 Å². The van der Waals surface area contributed by atoms with Gasteiger partial charge in [-0.1, -0.05) is 0 Å². The number of aliphatic carboxylic acids is 1. The van der Waals surface area contributed by atoms with Crippen LogP contribution in [0.1, 0.15) is 19.3 Å². The van der Waals surface area contributed by atoms with Gasteiger partial charge >= 0.3 is 5.97 Å². The summed E-state index contributed by atoms with van der Waals surface area (Å²) < 4.78 is 0. The minimum atomic E-state index is -2.17. The number of aliphatic hydroxyl groups is 1. The van der Waals surface area contributed by atoms with Crippen LogP contribution >= 0.6 is 0 Å². The van der Waals surface area contributed by atoms with Crippen LogP contribution in [0.3, 0.4) is 0 Å². The van der Waals surface area contributed by atoms with E-state index in [1.54, 1.807) is 0 Å². The Hall–Kier alpha value is -2.50. The van der Waals surface area contributed by atoms with Crippen molar-refractivity contribution in [2.45, 2.75) is 31.5 Å². The van der Waals surface area contributed by atoms with E-state index >= 15 is 0 Å². The zero-order valence-electron chi connectivity index (χ0n) is 10.0. The van der Waals surface area contributed by atoms with Crippen molar-refractivity contribution in [2.24, 2.45) is 0 Å². The molecule has 0 aromatic rings. The number of hydrogen-bond donors (Lipinski definition) is 2. The molecule has 12 nitrogen and oxygen atoms in total. The van der Waals surface area contributed by atoms with Crippen molar-refractivity contribution < 1.29 is 39.7 Å². The number of carbonyl (C=O) groups is 2. The fourth-order valence-corrected chi connectivity index (χ4v) is 1.21. The minimum Gasteiger partial charge on any atom is -0.479 e. The number of ketones is 1. The van der Waals surface area contributed by atoms with E-state index in [9.17, 15) is 29.8 Å². The highest BCUT2D eigenvalue weighted by Crippen LogP contribution is 2.08. The maximum absolute atomic E-state index is 11.1. The van der Waals surface area contributed by atoms with E-state index in [2.05, 4.69) is 9.68 Å². The molecule has 20 heavy (non-hydrogen) atoms. The van der Waals surface area contributed by atoms with Gasteiger partial charge in [0.2, 0.25) is 6.10 Å². The van der Waals surface area contributed by atoms with Crippen LogP contribution in [0, 0.1) is 20.2 Å². The van der Waals surface area contributed by atoms with Crippen molar-refractivity contribution in [3.8, 4) is 0 Å². The number of hydrogen-bond acceptors (Lipinski definition) is 9. The van der Waals surface area contributed by atoms with Crippen LogP contribution in [0.15, 0.2) is 0 Å². The molecule has 1 unspecified atom stereocenters. The Kier molecular flexibility index (Phi) is 7.50. The summed E-state index contributed by atoms with van der Waals surface area (Å²) in [4.78, 5) is 49.5. The van der Waals surface area contributed by atoms with Crippen molar-refractivity contribution in [3.63, 3.8) is 0 Å². The fraction of sp³-hybridized carbons (Fsp3) is 0.750. The van der Waals surface area contributed by atoms with Gasteiger partial charge in [0, 0.05) is 6.42 Å². The topological polar surface area (TPSA) is 179 Å². The average molecular weight is 296 g/mol. The van der Waals surface area contributed by atoms with Crippen LogP contribution in [-0.2, 0) is 19.3 Å². The normalized spacial score (nSPS) is 13.1. The zero-order valence-corrected chi connectivity index (χ0v) is 10.0. The summed E-state index contributed by atoms with van der Waals surface area (Å²) in [5.74, 6) is -2.68. The molecule has 12 heteroatoms. The number of Topliss-reactive ketones (excluding diaryl/α,β-unsaturated/α-hetero) is 1.